The van der Waals surface area contributed by atoms with Gasteiger partial charge in [0.15, 0.2) is 16.8 Å². The summed E-state index contributed by atoms with van der Waals surface area (Å²) in [6.07, 6.45) is 5.94. The summed E-state index contributed by atoms with van der Waals surface area (Å²) in [5.74, 6) is 0.676. The lowest BCUT2D eigenvalue weighted by molar-refractivity contribution is -0.122. The molecule has 1 rings (SSSR count). The Labute approximate surface area is 246 Å². The Hall–Kier alpha value is -1.98. The van der Waals surface area contributed by atoms with E-state index in [2.05, 4.69) is 25.5 Å². The van der Waals surface area contributed by atoms with E-state index in [-0.39, 0.29) is 29.0 Å². The minimum Gasteiger partial charge on any atom is -0.383 e. The van der Waals surface area contributed by atoms with Crippen molar-refractivity contribution in [2.75, 3.05) is 65.3 Å². The number of hydrogen-bond acceptors (Lipinski definition) is 10. The Balaban J connectivity index is 2.20. The van der Waals surface area contributed by atoms with Crippen molar-refractivity contribution < 1.29 is 14.3 Å². The molecule has 0 bridgehead atoms. The molecule has 0 radical (unpaired) electrons. The molecule has 0 aromatic heterocycles. The van der Waals surface area contributed by atoms with Crippen LogP contribution in [0.1, 0.15) is 44.9 Å². The Bertz CT molecular complexity index is 798. The van der Waals surface area contributed by atoms with E-state index in [1.165, 1.54) is 23.5 Å². The van der Waals surface area contributed by atoms with E-state index in [0.717, 1.165) is 70.3 Å². The molecule has 0 spiro atoms. The van der Waals surface area contributed by atoms with E-state index in [0.29, 0.717) is 32.8 Å². The van der Waals surface area contributed by atoms with Crippen molar-refractivity contribution in [3.8, 4) is 0 Å². The summed E-state index contributed by atoms with van der Waals surface area (Å²) in [6, 6.07) is 0. The molecule has 0 aliphatic carbocycles. The number of carbonyl (C=O) groups excluding carboxylic acids is 2. The van der Waals surface area contributed by atoms with E-state index in [4.69, 9.17) is 39.1 Å². The minimum absolute atomic E-state index is 0.0896. The van der Waals surface area contributed by atoms with Gasteiger partial charge in [-0.15, -0.1) is 23.5 Å². The third kappa shape index (κ3) is 16.3. The molecule has 1 heterocycles. The first kappa shape index (κ1) is 36.0. The number of nitrogens with two attached hydrogens (primary N) is 6. The molecule has 1 unspecified atom stereocenters. The number of unbranched alkanes of at least 4 members (excludes halogenated alkanes) is 2. The number of guanidine groups is 2. The van der Waals surface area contributed by atoms with Crippen LogP contribution in [0.3, 0.4) is 0 Å². The number of nitrogens with one attached hydrogen (secondary N) is 2. The van der Waals surface area contributed by atoms with Crippen LogP contribution in [0.5, 0.6) is 0 Å². The number of thioether (sulfide) groups is 2. The summed E-state index contributed by atoms with van der Waals surface area (Å²) < 4.78 is 5.23. The molecule has 0 aromatic rings. The van der Waals surface area contributed by atoms with Crippen molar-refractivity contribution in [1.29, 1.82) is 0 Å². The molecular weight excluding hydrogens is 554 g/mol. The van der Waals surface area contributed by atoms with Crippen LogP contribution in [-0.4, -0.2) is 109 Å². The van der Waals surface area contributed by atoms with Crippen molar-refractivity contribution in [1.82, 2.24) is 15.5 Å². The summed E-state index contributed by atoms with van der Waals surface area (Å²) in [5.41, 5.74) is 33.5. The highest BCUT2D eigenvalue weighted by molar-refractivity contribution is 8.09. The number of rotatable bonds is 24. The number of aliphatic imine (C=N–C) groups is 2. The van der Waals surface area contributed by atoms with E-state index < -0.39 is 10.2 Å². The van der Waals surface area contributed by atoms with E-state index in [1.54, 1.807) is 7.11 Å². The monoisotopic (exact) mass is 605 g/mol. The topological polar surface area (TPSA) is 252 Å². The number of methoxy groups -OCH3 is 1. The van der Waals surface area contributed by atoms with Gasteiger partial charge in [-0.05, 0) is 57.4 Å². The SMILES string of the molecule is COCCN(CCCNC(=O)[C@@H](N)SCCCCN=C(N)N)CCCNC(=O)[C@@]1(N)SC1CCCCN=C(N)N. The number of ether oxygens (including phenoxy) is 1. The van der Waals surface area contributed by atoms with Crippen molar-refractivity contribution in [2.24, 2.45) is 44.4 Å². The first-order valence-electron chi connectivity index (χ1n) is 13.8. The molecule has 232 valence electrons. The highest BCUT2D eigenvalue weighted by atomic mass is 32.2. The summed E-state index contributed by atoms with van der Waals surface area (Å²) in [6.45, 7) is 5.23. The number of nitrogens with zero attached hydrogens (tertiary/aromatic N) is 3. The maximum Gasteiger partial charge on any atom is 0.251 e. The van der Waals surface area contributed by atoms with Gasteiger partial charge in [-0.2, -0.15) is 0 Å². The van der Waals surface area contributed by atoms with Crippen LogP contribution in [0.15, 0.2) is 9.98 Å². The van der Waals surface area contributed by atoms with Gasteiger partial charge in [0, 0.05) is 45.1 Å². The van der Waals surface area contributed by atoms with Crippen LogP contribution < -0.4 is 45.0 Å². The van der Waals surface area contributed by atoms with Crippen LogP contribution in [-0.2, 0) is 14.3 Å². The summed E-state index contributed by atoms with van der Waals surface area (Å²) in [5, 5.41) is 5.42. The molecule has 1 aliphatic heterocycles. The quantitative estimate of drug-likeness (QED) is 0.0200. The van der Waals surface area contributed by atoms with Gasteiger partial charge in [-0.3, -0.25) is 19.6 Å². The highest BCUT2D eigenvalue weighted by Gasteiger charge is 2.57. The van der Waals surface area contributed by atoms with Crippen molar-refractivity contribution in [3.63, 3.8) is 0 Å². The lowest BCUT2D eigenvalue weighted by Crippen LogP contribution is -2.45. The molecule has 1 aliphatic rings. The van der Waals surface area contributed by atoms with E-state index in [9.17, 15) is 9.59 Å². The summed E-state index contributed by atoms with van der Waals surface area (Å²) in [7, 11) is 1.67. The maximum atomic E-state index is 12.6. The minimum atomic E-state index is -0.836. The molecule has 1 fully saturated rings. The zero-order chi connectivity index (χ0) is 29.8. The van der Waals surface area contributed by atoms with Gasteiger partial charge in [0.2, 0.25) is 5.91 Å². The fourth-order valence-electron chi connectivity index (χ4n) is 3.85. The zero-order valence-electron chi connectivity index (χ0n) is 23.8. The average molecular weight is 606 g/mol. The fourth-order valence-corrected chi connectivity index (χ4v) is 5.80. The standard InChI is InChI=1S/C24H51N11O3S2/c1-38-16-15-35(13-6-11-31-20(36)19(25)39-17-5-4-10-34-23(28)29)14-7-12-32-21(37)24(30)18(40-24)8-2-3-9-33-22(26)27/h18-19H,2-17,25,30H2,1H3,(H,31,36)(H,32,37)(H4,26,27,33)(H4,28,29,34)/t18?,19-,24-/m0/s1. The second kappa shape index (κ2) is 20.8. The van der Waals surface area contributed by atoms with Gasteiger partial charge in [0.05, 0.1) is 6.61 Å². The second-order valence-electron chi connectivity index (χ2n) is 9.60. The Morgan fingerprint density at radius 1 is 0.950 bits per heavy atom. The molecular formula is C24H51N11O3S2. The smallest absolute Gasteiger partial charge is 0.251 e. The molecule has 40 heavy (non-hydrogen) atoms. The Morgan fingerprint density at radius 3 is 2.15 bits per heavy atom. The molecule has 14 nitrogen and oxygen atoms in total. The van der Waals surface area contributed by atoms with Gasteiger partial charge >= 0.3 is 0 Å². The van der Waals surface area contributed by atoms with Crippen molar-refractivity contribution in [2.45, 2.75) is 60.4 Å². The summed E-state index contributed by atoms with van der Waals surface area (Å²) in [4.78, 5) is 34.2. The largest absolute Gasteiger partial charge is 0.383 e. The molecule has 16 heteroatoms. The van der Waals surface area contributed by atoms with Gasteiger partial charge < -0.3 is 54.7 Å². The molecule has 0 saturated carbocycles. The fraction of sp³-hybridized carbons (Fsp3) is 0.833. The van der Waals surface area contributed by atoms with E-state index in [1.807, 2.05) is 0 Å². The molecule has 14 N–H and O–H groups in total. The van der Waals surface area contributed by atoms with Crippen molar-refractivity contribution >= 4 is 47.3 Å². The zero-order valence-corrected chi connectivity index (χ0v) is 25.4. The van der Waals surface area contributed by atoms with Gasteiger partial charge in [0.1, 0.15) is 5.37 Å². The Morgan fingerprint density at radius 2 is 1.55 bits per heavy atom. The number of hydrogen-bond donors (Lipinski definition) is 8. The third-order valence-electron chi connectivity index (χ3n) is 6.18. The lowest BCUT2D eigenvalue weighted by atomic mass is 10.1. The van der Waals surface area contributed by atoms with Crippen LogP contribution in [0.25, 0.3) is 0 Å². The molecule has 3 atom stereocenters. The maximum absolute atomic E-state index is 12.6. The van der Waals surface area contributed by atoms with Gasteiger partial charge in [0.25, 0.3) is 5.91 Å². The lowest BCUT2D eigenvalue weighted by Gasteiger charge is -2.22. The number of amides is 2. The van der Waals surface area contributed by atoms with Crippen LogP contribution in [0.4, 0.5) is 0 Å². The van der Waals surface area contributed by atoms with Gasteiger partial charge in [-0.1, -0.05) is 6.42 Å². The normalized spacial score (nSPS) is 18.6. The first-order valence-corrected chi connectivity index (χ1v) is 15.7. The summed E-state index contributed by atoms with van der Waals surface area (Å²) >= 11 is 2.93. The third-order valence-corrected chi connectivity index (χ3v) is 8.78. The Kier molecular flexibility index (Phi) is 18.8. The van der Waals surface area contributed by atoms with Crippen LogP contribution in [0.2, 0.25) is 0 Å². The average Bonchev–Trinajstić information content (AvgIpc) is 3.58. The molecule has 1 saturated heterocycles. The molecule has 0 aromatic carbocycles. The predicted octanol–water partition coefficient (Wildman–Crippen LogP) is -1.77. The van der Waals surface area contributed by atoms with Crippen molar-refractivity contribution in [3.05, 3.63) is 0 Å². The highest BCUT2D eigenvalue weighted by Crippen LogP contribution is 2.51. The number of carbonyl (C=O) groups is 2. The molecule has 2 amide bonds. The van der Waals surface area contributed by atoms with E-state index >= 15 is 0 Å². The van der Waals surface area contributed by atoms with Crippen LogP contribution in [0, 0.1) is 0 Å². The predicted molar refractivity (Wildman–Crippen MR) is 167 cm³/mol. The second-order valence-corrected chi connectivity index (χ2v) is 12.3. The first-order chi connectivity index (χ1) is 19.1. The van der Waals surface area contributed by atoms with Crippen LogP contribution >= 0.6 is 23.5 Å². The van der Waals surface area contributed by atoms with Gasteiger partial charge in [-0.25, -0.2) is 0 Å².